The van der Waals surface area contributed by atoms with Gasteiger partial charge in [0.05, 0.1) is 12.0 Å². The Kier molecular flexibility index (Phi) is 4.71. The molecule has 1 aromatic rings. The molecule has 1 atom stereocenters. The smallest absolute Gasteiger partial charge is 0.272 e. The molecule has 1 fully saturated rings. The monoisotopic (exact) mass is 307 g/mol. The van der Waals surface area contributed by atoms with Crippen LogP contribution in [0.4, 0.5) is 5.69 Å². The molecule has 2 rings (SSSR count). The standard InChI is InChI=1S/C14H17N3O5/c1-9-8-10(5-6-11(9)17(20)21)14(19)16-7-3-4-12(16)13(18)15-22-2/h5-6,8,12H,3-4,7H2,1-2H3,(H,15,18). The van der Waals surface area contributed by atoms with E-state index in [4.69, 9.17) is 0 Å². The molecule has 8 nitrogen and oxygen atoms in total. The average molecular weight is 307 g/mol. The number of nitrogens with zero attached hydrogens (tertiary/aromatic N) is 2. The Labute approximate surface area is 127 Å². The molecule has 2 amide bonds. The maximum Gasteiger partial charge on any atom is 0.272 e. The Morgan fingerprint density at radius 1 is 1.45 bits per heavy atom. The van der Waals surface area contributed by atoms with Gasteiger partial charge in [0, 0.05) is 23.7 Å². The number of aryl methyl sites for hydroxylation is 1. The van der Waals surface area contributed by atoms with E-state index >= 15 is 0 Å². The highest BCUT2D eigenvalue weighted by Gasteiger charge is 2.34. The molecular weight excluding hydrogens is 290 g/mol. The number of hydroxylamine groups is 1. The lowest BCUT2D eigenvalue weighted by Crippen LogP contribution is -2.45. The predicted molar refractivity (Wildman–Crippen MR) is 77.0 cm³/mol. The largest absolute Gasteiger partial charge is 0.327 e. The van der Waals surface area contributed by atoms with E-state index in [1.54, 1.807) is 6.92 Å². The number of nitrogens with one attached hydrogen (secondary N) is 1. The molecule has 0 saturated carbocycles. The third-order valence-corrected chi connectivity index (χ3v) is 3.66. The summed E-state index contributed by atoms with van der Waals surface area (Å²) in [5.74, 6) is -0.682. The fraction of sp³-hybridized carbons (Fsp3) is 0.429. The van der Waals surface area contributed by atoms with Gasteiger partial charge in [-0.25, -0.2) is 5.48 Å². The second kappa shape index (κ2) is 6.52. The molecule has 0 radical (unpaired) electrons. The van der Waals surface area contributed by atoms with Crippen LogP contribution < -0.4 is 5.48 Å². The number of nitro groups is 1. The van der Waals surface area contributed by atoms with Crippen LogP contribution in [-0.2, 0) is 9.63 Å². The predicted octanol–water partition coefficient (Wildman–Crippen LogP) is 1.19. The average Bonchev–Trinajstić information content (AvgIpc) is 2.95. The molecule has 0 aromatic heterocycles. The molecule has 8 heteroatoms. The Bertz CT molecular complexity index is 616. The topological polar surface area (TPSA) is 102 Å². The van der Waals surface area contributed by atoms with E-state index in [1.165, 1.54) is 30.2 Å². The van der Waals surface area contributed by atoms with Gasteiger partial charge in [0.25, 0.3) is 17.5 Å². The van der Waals surface area contributed by atoms with Crippen LogP contribution in [0.25, 0.3) is 0 Å². The minimum Gasteiger partial charge on any atom is -0.327 e. The van der Waals surface area contributed by atoms with Crippen LogP contribution in [0.3, 0.4) is 0 Å². The SMILES string of the molecule is CONC(=O)C1CCCN1C(=O)c1ccc([N+](=O)[O-])c(C)c1. The number of carbonyl (C=O) groups excluding carboxylic acids is 2. The minimum atomic E-state index is -0.581. The first-order valence-electron chi connectivity index (χ1n) is 6.84. The number of hydrogen-bond donors (Lipinski definition) is 1. The van der Waals surface area contributed by atoms with E-state index in [0.29, 0.717) is 24.1 Å². The second-order valence-electron chi connectivity index (χ2n) is 5.09. The lowest BCUT2D eigenvalue weighted by atomic mass is 10.1. The van der Waals surface area contributed by atoms with Gasteiger partial charge < -0.3 is 4.90 Å². The number of likely N-dealkylation sites (tertiary alicyclic amines) is 1. The Balaban J connectivity index is 2.22. The summed E-state index contributed by atoms with van der Waals surface area (Å²) in [7, 11) is 1.33. The van der Waals surface area contributed by atoms with Gasteiger partial charge in [-0.05, 0) is 31.9 Å². The van der Waals surface area contributed by atoms with Crippen LogP contribution >= 0.6 is 0 Å². The zero-order chi connectivity index (χ0) is 16.3. The molecule has 1 saturated heterocycles. The Hall–Kier alpha value is -2.48. The first kappa shape index (κ1) is 15.9. The third kappa shape index (κ3) is 3.06. The normalized spacial score (nSPS) is 17.4. The van der Waals surface area contributed by atoms with Crippen molar-refractivity contribution in [1.82, 2.24) is 10.4 Å². The maximum atomic E-state index is 12.5. The highest BCUT2D eigenvalue weighted by atomic mass is 16.6. The number of hydrogen-bond acceptors (Lipinski definition) is 5. The molecule has 118 valence electrons. The summed E-state index contributed by atoms with van der Waals surface area (Å²) in [5, 5.41) is 10.8. The summed E-state index contributed by atoms with van der Waals surface area (Å²) in [6, 6.07) is 3.62. The summed E-state index contributed by atoms with van der Waals surface area (Å²) in [6.07, 6.45) is 1.28. The molecular formula is C14H17N3O5. The number of benzene rings is 1. The van der Waals surface area contributed by atoms with Crippen LogP contribution in [0.15, 0.2) is 18.2 Å². The first-order valence-corrected chi connectivity index (χ1v) is 6.84. The van der Waals surface area contributed by atoms with Crippen molar-refractivity contribution < 1.29 is 19.3 Å². The molecule has 0 aliphatic carbocycles. The van der Waals surface area contributed by atoms with Gasteiger partial charge in [-0.3, -0.25) is 24.5 Å². The minimum absolute atomic E-state index is 0.0355. The molecule has 1 aromatic carbocycles. The Morgan fingerprint density at radius 3 is 2.77 bits per heavy atom. The van der Waals surface area contributed by atoms with Crippen molar-refractivity contribution in [2.24, 2.45) is 0 Å². The molecule has 1 heterocycles. The van der Waals surface area contributed by atoms with Gasteiger partial charge in [-0.15, -0.1) is 0 Å². The lowest BCUT2D eigenvalue weighted by Gasteiger charge is -2.23. The molecule has 0 spiro atoms. The van der Waals surface area contributed by atoms with E-state index < -0.39 is 11.0 Å². The summed E-state index contributed by atoms with van der Waals surface area (Å²) >= 11 is 0. The van der Waals surface area contributed by atoms with Crippen LogP contribution in [0.5, 0.6) is 0 Å². The van der Waals surface area contributed by atoms with Crippen LogP contribution in [-0.4, -0.2) is 41.3 Å². The van der Waals surface area contributed by atoms with Crippen LogP contribution in [0.2, 0.25) is 0 Å². The first-order chi connectivity index (χ1) is 10.5. The van der Waals surface area contributed by atoms with Crippen molar-refractivity contribution in [1.29, 1.82) is 0 Å². The van der Waals surface area contributed by atoms with E-state index in [1.807, 2.05) is 0 Å². The summed E-state index contributed by atoms with van der Waals surface area (Å²) in [6.45, 7) is 2.05. The molecule has 0 bridgehead atoms. The van der Waals surface area contributed by atoms with Crippen molar-refractivity contribution in [3.63, 3.8) is 0 Å². The molecule has 22 heavy (non-hydrogen) atoms. The number of nitro benzene ring substituents is 1. The third-order valence-electron chi connectivity index (χ3n) is 3.66. The quantitative estimate of drug-likeness (QED) is 0.665. The zero-order valence-corrected chi connectivity index (χ0v) is 12.4. The van der Waals surface area contributed by atoms with Gasteiger partial charge in [-0.2, -0.15) is 0 Å². The number of amides is 2. The lowest BCUT2D eigenvalue weighted by molar-refractivity contribution is -0.385. The van der Waals surface area contributed by atoms with Gasteiger partial charge in [-0.1, -0.05) is 0 Å². The van der Waals surface area contributed by atoms with Crippen molar-refractivity contribution in [2.75, 3.05) is 13.7 Å². The highest BCUT2D eigenvalue weighted by molar-refractivity contribution is 5.98. The van der Waals surface area contributed by atoms with E-state index in [2.05, 4.69) is 10.3 Å². The van der Waals surface area contributed by atoms with Gasteiger partial charge >= 0.3 is 0 Å². The zero-order valence-electron chi connectivity index (χ0n) is 12.4. The van der Waals surface area contributed by atoms with Crippen LogP contribution in [0, 0.1) is 17.0 Å². The van der Waals surface area contributed by atoms with E-state index in [0.717, 1.165) is 6.42 Å². The number of carbonyl (C=O) groups is 2. The molecule has 1 aliphatic rings. The van der Waals surface area contributed by atoms with Crippen LogP contribution in [0.1, 0.15) is 28.8 Å². The highest BCUT2D eigenvalue weighted by Crippen LogP contribution is 2.23. The second-order valence-corrected chi connectivity index (χ2v) is 5.09. The van der Waals surface area contributed by atoms with Crippen molar-refractivity contribution >= 4 is 17.5 Å². The van der Waals surface area contributed by atoms with Crippen molar-refractivity contribution in [2.45, 2.75) is 25.8 Å². The van der Waals surface area contributed by atoms with Gasteiger partial charge in [0.15, 0.2) is 0 Å². The van der Waals surface area contributed by atoms with Crippen molar-refractivity contribution in [3.8, 4) is 0 Å². The Morgan fingerprint density at radius 2 is 2.18 bits per heavy atom. The maximum absolute atomic E-state index is 12.5. The summed E-state index contributed by atoms with van der Waals surface area (Å²) in [5.41, 5.74) is 2.95. The fourth-order valence-corrected chi connectivity index (χ4v) is 2.61. The summed E-state index contributed by atoms with van der Waals surface area (Å²) < 4.78 is 0. The van der Waals surface area contributed by atoms with Gasteiger partial charge in [0.2, 0.25) is 0 Å². The molecule has 1 N–H and O–H groups in total. The van der Waals surface area contributed by atoms with E-state index in [-0.39, 0.29) is 17.5 Å². The van der Waals surface area contributed by atoms with Crippen molar-refractivity contribution in [3.05, 3.63) is 39.4 Å². The van der Waals surface area contributed by atoms with Gasteiger partial charge in [0.1, 0.15) is 6.04 Å². The van der Waals surface area contributed by atoms with E-state index in [9.17, 15) is 19.7 Å². The summed E-state index contributed by atoms with van der Waals surface area (Å²) in [4.78, 5) is 40.8. The number of rotatable bonds is 4. The molecule has 1 unspecified atom stereocenters. The fourth-order valence-electron chi connectivity index (χ4n) is 2.61. The molecule has 1 aliphatic heterocycles.